The predicted octanol–water partition coefficient (Wildman–Crippen LogP) is 3.25. The van der Waals surface area contributed by atoms with Crippen molar-refractivity contribution in [2.75, 3.05) is 13.2 Å². The first-order chi connectivity index (χ1) is 11.3. The zero-order valence-electron chi connectivity index (χ0n) is 13.2. The topological polar surface area (TPSA) is 47.9 Å². The van der Waals surface area contributed by atoms with Crippen LogP contribution in [0.1, 0.15) is 18.1 Å². The van der Waals surface area contributed by atoms with E-state index in [1.54, 1.807) is 13.1 Å². The summed E-state index contributed by atoms with van der Waals surface area (Å²) in [4.78, 5) is 16.3. The number of hydrogen-bond acceptors (Lipinski definition) is 4. The van der Waals surface area contributed by atoms with Crippen LogP contribution >= 0.6 is 0 Å². The lowest BCUT2D eigenvalue weighted by atomic mass is 10.2. The van der Waals surface area contributed by atoms with Gasteiger partial charge in [0.1, 0.15) is 0 Å². The highest BCUT2D eigenvalue weighted by molar-refractivity contribution is 5.84. The molecule has 0 saturated carbocycles. The van der Waals surface area contributed by atoms with Crippen molar-refractivity contribution in [2.45, 2.75) is 19.6 Å². The molecule has 0 bridgehead atoms. The predicted molar refractivity (Wildman–Crippen MR) is 90.6 cm³/mol. The zero-order chi connectivity index (χ0) is 16.3. The lowest BCUT2D eigenvalue weighted by Crippen LogP contribution is -2.27. The van der Waals surface area contributed by atoms with Crippen LogP contribution in [0.4, 0.5) is 0 Å². The maximum Gasteiger partial charge on any atom is 0.333 e. The number of rotatable bonds is 8. The van der Waals surface area contributed by atoms with Crippen LogP contribution in [0, 0.1) is 0 Å². The van der Waals surface area contributed by atoms with Crippen molar-refractivity contribution in [2.24, 2.45) is 4.99 Å². The van der Waals surface area contributed by atoms with Crippen LogP contribution in [0.15, 0.2) is 65.7 Å². The molecule has 2 rings (SSSR count). The van der Waals surface area contributed by atoms with Crippen molar-refractivity contribution in [1.82, 2.24) is 0 Å². The molecular weight excluding hydrogens is 290 g/mol. The number of benzene rings is 2. The van der Waals surface area contributed by atoms with Crippen LogP contribution in [0.2, 0.25) is 0 Å². The Bertz CT molecular complexity index is 611. The molecule has 4 nitrogen and oxygen atoms in total. The molecular formula is C19H21NO3. The highest BCUT2D eigenvalue weighted by Crippen LogP contribution is 2.04. The van der Waals surface area contributed by atoms with Gasteiger partial charge < -0.3 is 9.47 Å². The molecule has 120 valence electrons. The molecule has 0 heterocycles. The van der Waals surface area contributed by atoms with Crippen LogP contribution < -0.4 is 0 Å². The number of aliphatic imine (C=N–C) groups is 1. The number of carbonyl (C=O) groups excluding carboxylic acids is 1. The molecule has 1 atom stereocenters. The fourth-order valence-corrected chi connectivity index (χ4v) is 1.99. The summed E-state index contributed by atoms with van der Waals surface area (Å²) in [6.07, 6.45) is 1.67. The van der Waals surface area contributed by atoms with Gasteiger partial charge in [0.25, 0.3) is 0 Å². The molecule has 0 radical (unpaired) electrons. The third kappa shape index (κ3) is 6.04. The number of esters is 1. The summed E-state index contributed by atoms with van der Waals surface area (Å²) in [6.45, 7) is 2.74. The monoisotopic (exact) mass is 311 g/mol. The maximum atomic E-state index is 12.0. The van der Waals surface area contributed by atoms with E-state index >= 15 is 0 Å². The summed E-state index contributed by atoms with van der Waals surface area (Å²) in [5.41, 5.74) is 1.99. The van der Waals surface area contributed by atoms with E-state index < -0.39 is 6.04 Å². The lowest BCUT2D eigenvalue weighted by Gasteiger charge is -2.12. The minimum Gasteiger partial charge on any atom is -0.464 e. The first kappa shape index (κ1) is 16.9. The molecule has 0 aliphatic heterocycles. The van der Waals surface area contributed by atoms with E-state index in [0.29, 0.717) is 13.2 Å². The van der Waals surface area contributed by atoms with E-state index in [2.05, 4.69) is 4.99 Å². The van der Waals surface area contributed by atoms with Crippen molar-refractivity contribution >= 4 is 12.2 Å². The van der Waals surface area contributed by atoms with Crippen LogP contribution in [0.3, 0.4) is 0 Å². The fraction of sp³-hybridized carbons (Fsp3) is 0.263. The van der Waals surface area contributed by atoms with E-state index in [-0.39, 0.29) is 12.6 Å². The summed E-state index contributed by atoms with van der Waals surface area (Å²) in [5, 5.41) is 0. The standard InChI is InChI=1S/C19H21NO3/c1-2-23-19(21)18(20-13-16-9-5-3-6-10-16)15-22-14-17-11-7-4-8-12-17/h3-13,18H,2,14-15H2,1H3. The first-order valence-electron chi connectivity index (χ1n) is 7.66. The van der Waals surface area contributed by atoms with Gasteiger partial charge in [-0.15, -0.1) is 0 Å². The van der Waals surface area contributed by atoms with Crippen LogP contribution in [0.5, 0.6) is 0 Å². The number of carbonyl (C=O) groups is 1. The van der Waals surface area contributed by atoms with Crippen molar-refractivity contribution < 1.29 is 14.3 Å². The third-order valence-electron chi connectivity index (χ3n) is 3.15. The molecule has 0 amide bonds. The second-order valence-electron chi connectivity index (χ2n) is 4.96. The quantitative estimate of drug-likeness (QED) is 0.555. The first-order valence-corrected chi connectivity index (χ1v) is 7.66. The summed E-state index contributed by atoms with van der Waals surface area (Å²) >= 11 is 0. The average Bonchev–Trinajstić information content (AvgIpc) is 2.60. The molecule has 0 N–H and O–H groups in total. The van der Waals surface area contributed by atoms with Crippen LogP contribution in [-0.2, 0) is 20.9 Å². The van der Waals surface area contributed by atoms with Gasteiger partial charge in [-0.3, -0.25) is 4.99 Å². The van der Waals surface area contributed by atoms with E-state index in [4.69, 9.17) is 9.47 Å². The van der Waals surface area contributed by atoms with E-state index in [1.807, 2.05) is 60.7 Å². The Morgan fingerprint density at radius 3 is 2.39 bits per heavy atom. The van der Waals surface area contributed by atoms with Gasteiger partial charge in [0.15, 0.2) is 6.04 Å². The van der Waals surface area contributed by atoms with Crippen LogP contribution in [0.25, 0.3) is 0 Å². The van der Waals surface area contributed by atoms with Gasteiger partial charge in [0.05, 0.1) is 19.8 Å². The second-order valence-corrected chi connectivity index (χ2v) is 4.96. The zero-order valence-corrected chi connectivity index (χ0v) is 13.2. The molecule has 2 aromatic rings. The van der Waals surface area contributed by atoms with Gasteiger partial charge in [0.2, 0.25) is 0 Å². The van der Waals surface area contributed by atoms with Gasteiger partial charge in [0, 0.05) is 6.21 Å². The molecule has 0 aromatic heterocycles. The number of ether oxygens (including phenoxy) is 2. The Kier molecular flexibility index (Phi) is 7.01. The van der Waals surface area contributed by atoms with Gasteiger partial charge in [-0.1, -0.05) is 60.7 Å². The Balaban J connectivity index is 1.94. The van der Waals surface area contributed by atoms with Crippen molar-refractivity contribution in [3.8, 4) is 0 Å². The molecule has 0 aliphatic carbocycles. The summed E-state index contributed by atoms with van der Waals surface area (Å²) in [5.74, 6) is -0.368. The van der Waals surface area contributed by atoms with E-state index in [1.165, 1.54) is 0 Å². The molecule has 0 saturated heterocycles. The minimum absolute atomic E-state index is 0.192. The van der Waals surface area contributed by atoms with Crippen LogP contribution in [-0.4, -0.2) is 31.4 Å². The summed E-state index contributed by atoms with van der Waals surface area (Å²) in [7, 11) is 0. The lowest BCUT2D eigenvalue weighted by molar-refractivity contribution is -0.146. The fourth-order valence-electron chi connectivity index (χ4n) is 1.99. The van der Waals surface area contributed by atoms with Crippen molar-refractivity contribution in [3.63, 3.8) is 0 Å². The molecule has 2 aromatic carbocycles. The molecule has 0 spiro atoms. The third-order valence-corrected chi connectivity index (χ3v) is 3.15. The molecule has 4 heteroatoms. The Labute approximate surface area is 136 Å². The minimum atomic E-state index is -0.654. The smallest absolute Gasteiger partial charge is 0.333 e. The highest BCUT2D eigenvalue weighted by atomic mass is 16.5. The normalized spacial score (nSPS) is 12.2. The van der Waals surface area contributed by atoms with Gasteiger partial charge >= 0.3 is 5.97 Å². The Hall–Kier alpha value is -2.46. The molecule has 0 fully saturated rings. The Morgan fingerprint density at radius 1 is 1.09 bits per heavy atom. The second kappa shape index (κ2) is 9.54. The molecule has 1 unspecified atom stereocenters. The largest absolute Gasteiger partial charge is 0.464 e. The summed E-state index contributed by atoms with van der Waals surface area (Å²) < 4.78 is 10.7. The Morgan fingerprint density at radius 2 is 1.74 bits per heavy atom. The van der Waals surface area contributed by atoms with E-state index in [0.717, 1.165) is 11.1 Å². The maximum absolute atomic E-state index is 12.0. The van der Waals surface area contributed by atoms with Crippen molar-refractivity contribution in [3.05, 3.63) is 71.8 Å². The van der Waals surface area contributed by atoms with Gasteiger partial charge in [-0.25, -0.2) is 4.79 Å². The summed E-state index contributed by atoms with van der Waals surface area (Å²) in [6, 6.07) is 18.8. The number of nitrogens with zero attached hydrogens (tertiary/aromatic N) is 1. The molecule has 23 heavy (non-hydrogen) atoms. The SMILES string of the molecule is CCOC(=O)C(COCc1ccccc1)N=Cc1ccccc1. The highest BCUT2D eigenvalue weighted by Gasteiger charge is 2.18. The van der Waals surface area contributed by atoms with Crippen molar-refractivity contribution in [1.29, 1.82) is 0 Å². The van der Waals surface area contributed by atoms with Gasteiger partial charge in [-0.05, 0) is 18.1 Å². The van der Waals surface area contributed by atoms with Gasteiger partial charge in [-0.2, -0.15) is 0 Å². The van der Waals surface area contributed by atoms with E-state index in [9.17, 15) is 4.79 Å². The molecule has 0 aliphatic rings. The number of hydrogen-bond donors (Lipinski definition) is 0. The average molecular weight is 311 g/mol.